The van der Waals surface area contributed by atoms with Crippen LogP contribution in [0.1, 0.15) is 85.9 Å². The summed E-state index contributed by atoms with van der Waals surface area (Å²) in [5.41, 5.74) is 10.5. The van der Waals surface area contributed by atoms with Crippen molar-refractivity contribution in [2.24, 2.45) is 38.8 Å². The van der Waals surface area contributed by atoms with E-state index in [1.165, 1.54) is 18.4 Å². The van der Waals surface area contributed by atoms with E-state index in [-0.39, 0.29) is 22.6 Å². The van der Waals surface area contributed by atoms with E-state index in [2.05, 4.69) is 45.8 Å². The minimum absolute atomic E-state index is 0.0444. The summed E-state index contributed by atoms with van der Waals surface area (Å²) in [6.45, 7) is 4.84. The van der Waals surface area contributed by atoms with Crippen molar-refractivity contribution in [1.82, 2.24) is 20.8 Å². The monoisotopic (exact) mass is 524 g/mol. The first-order chi connectivity index (χ1) is 18.9. The van der Waals surface area contributed by atoms with Crippen LogP contribution in [0.25, 0.3) is 0 Å². The van der Waals surface area contributed by atoms with Crippen LogP contribution in [0.2, 0.25) is 0 Å². The average molecular weight is 525 g/mol. The van der Waals surface area contributed by atoms with Gasteiger partial charge in [0.25, 0.3) is 11.8 Å². The molecule has 0 spiro atoms. The van der Waals surface area contributed by atoms with Crippen molar-refractivity contribution >= 4 is 23.2 Å². The van der Waals surface area contributed by atoms with Crippen LogP contribution in [0.5, 0.6) is 0 Å². The van der Waals surface area contributed by atoms with E-state index in [9.17, 15) is 9.59 Å². The van der Waals surface area contributed by atoms with Gasteiger partial charge in [0.15, 0.2) is 0 Å². The van der Waals surface area contributed by atoms with Crippen molar-refractivity contribution in [3.63, 3.8) is 0 Å². The van der Waals surface area contributed by atoms with Gasteiger partial charge in [-0.3, -0.25) is 19.6 Å². The SMILES string of the molecule is C[C@]12CC/C(=N\NC(=O)c3ccncc3)C=C1CC[C@H]1[C@H]2CC[C@]2(C)/C(=N/NC(=O)c3ccncc3)CC[C@H]12. The first-order valence-electron chi connectivity index (χ1n) is 14.1. The Bertz CT molecular complexity index is 1350. The normalized spacial score (nSPS) is 33.5. The Hall–Kier alpha value is -3.68. The topological polar surface area (TPSA) is 109 Å². The highest BCUT2D eigenvalue weighted by molar-refractivity contribution is 6.00. The van der Waals surface area contributed by atoms with Crippen LogP contribution in [0, 0.1) is 28.6 Å². The Morgan fingerprint density at radius 2 is 1.38 bits per heavy atom. The lowest BCUT2D eigenvalue weighted by Gasteiger charge is -2.57. The molecule has 0 saturated heterocycles. The predicted octanol–water partition coefficient (Wildman–Crippen LogP) is 5.31. The van der Waals surface area contributed by atoms with E-state index in [1.807, 2.05) is 0 Å². The van der Waals surface area contributed by atoms with Gasteiger partial charge in [0.2, 0.25) is 0 Å². The van der Waals surface area contributed by atoms with Gasteiger partial charge in [0, 0.05) is 47.0 Å². The minimum Gasteiger partial charge on any atom is -0.267 e. The summed E-state index contributed by atoms with van der Waals surface area (Å²) in [4.78, 5) is 33.0. The van der Waals surface area contributed by atoms with Gasteiger partial charge in [0.05, 0.1) is 5.71 Å². The maximum absolute atomic E-state index is 12.6. The number of hydrogen-bond acceptors (Lipinski definition) is 6. The van der Waals surface area contributed by atoms with Crippen molar-refractivity contribution in [1.29, 1.82) is 0 Å². The van der Waals surface area contributed by atoms with E-state index >= 15 is 0 Å². The molecule has 2 N–H and O–H groups in total. The van der Waals surface area contributed by atoms with Gasteiger partial charge in [0.1, 0.15) is 0 Å². The Morgan fingerprint density at radius 3 is 2.05 bits per heavy atom. The summed E-state index contributed by atoms with van der Waals surface area (Å²) in [7, 11) is 0. The van der Waals surface area contributed by atoms with E-state index in [1.54, 1.807) is 49.1 Å². The Balaban J connectivity index is 1.15. The van der Waals surface area contributed by atoms with Crippen molar-refractivity contribution < 1.29 is 9.59 Å². The number of nitrogens with zero attached hydrogens (tertiary/aromatic N) is 4. The van der Waals surface area contributed by atoms with Crippen LogP contribution in [0.4, 0.5) is 0 Å². The first kappa shape index (κ1) is 25.6. The van der Waals surface area contributed by atoms with Crippen LogP contribution in [-0.2, 0) is 0 Å². The van der Waals surface area contributed by atoms with Crippen molar-refractivity contribution in [2.75, 3.05) is 0 Å². The number of carbonyl (C=O) groups excluding carboxylic acids is 2. The summed E-state index contributed by atoms with van der Waals surface area (Å²) in [5.74, 6) is 1.53. The molecule has 2 heterocycles. The smallest absolute Gasteiger partial charge is 0.267 e. The second-order valence-electron chi connectivity index (χ2n) is 12.0. The predicted molar refractivity (Wildman–Crippen MR) is 150 cm³/mol. The van der Waals surface area contributed by atoms with Crippen molar-refractivity contribution in [2.45, 2.75) is 65.2 Å². The molecule has 4 aliphatic rings. The van der Waals surface area contributed by atoms with Gasteiger partial charge < -0.3 is 0 Å². The number of aromatic nitrogens is 2. The van der Waals surface area contributed by atoms with Gasteiger partial charge in [-0.15, -0.1) is 0 Å². The standard InChI is InChI=1S/C31H36N6O2/c1-30-13-7-23(34-36-28(38)20-9-15-32-16-10-20)19-22(30)3-4-24-25-5-6-27(31(25,2)14-8-26(24)30)35-37-29(39)21-11-17-33-18-12-21/h9-12,15-19,24-26H,3-8,13-14H2,1-2H3,(H,36,38)(H,37,39)/b34-23+,35-27+/t24-,25-,26-,30+,31+/m1/s1. The zero-order chi connectivity index (χ0) is 27.0. The number of allylic oxidation sites excluding steroid dienone is 2. The number of hydrogen-bond donors (Lipinski definition) is 2. The fourth-order valence-corrected chi connectivity index (χ4v) is 8.01. The summed E-state index contributed by atoms with van der Waals surface area (Å²) in [6.07, 6.45) is 17.3. The van der Waals surface area contributed by atoms with E-state index in [4.69, 9.17) is 5.10 Å². The highest BCUT2D eigenvalue weighted by Gasteiger charge is 2.58. The molecule has 0 unspecified atom stereocenters. The molecule has 0 aliphatic heterocycles. The van der Waals surface area contributed by atoms with Crippen LogP contribution in [0.3, 0.4) is 0 Å². The molecule has 2 aromatic heterocycles. The molecule has 0 bridgehead atoms. The van der Waals surface area contributed by atoms with Crippen LogP contribution >= 0.6 is 0 Å². The lowest BCUT2D eigenvalue weighted by atomic mass is 9.47. The third kappa shape index (κ3) is 4.60. The number of pyridine rings is 2. The van der Waals surface area contributed by atoms with Gasteiger partial charge in [-0.1, -0.05) is 19.4 Å². The molecular formula is C31H36N6O2. The summed E-state index contributed by atoms with van der Waals surface area (Å²) in [5, 5.41) is 9.17. The van der Waals surface area contributed by atoms with Crippen LogP contribution in [0.15, 0.2) is 70.9 Å². The van der Waals surface area contributed by atoms with Gasteiger partial charge >= 0.3 is 0 Å². The van der Waals surface area contributed by atoms with Crippen molar-refractivity contribution in [3.05, 3.63) is 71.8 Å². The molecule has 0 radical (unpaired) electrons. The second-order valence-corrected chi connectivity index (χ2v) is 12.0. The molecule has 3 saturated carbocycles. The molecule has 2 aromatic rings. The second kappa shape index (κ2) is 10.1. The number of hydrazone groups is 2. The maximum atomic E-state index is 12.6. The molecule has 3 fully saturated rings. The Labute approximate surface area is 229 Å². The molecule has 202 valence electrons. The van der Waals surface area contributed by atoms with Crippen molar-refractivity contribution in [3.8, 4) is 0 Å². The number of carbonyl (C=O) groups is 2. The zero-order valence-corrected chi connectivity index (χ0v) is 22.7. The van der Waals surface area contributed by atoms with Gasteiger partial charge in [-0.2, -0.15) is 10.2 Å². The molecule has 5 atom stereocenters. The summed E-state index contributed by atoms with van der Waals surface area (Å²) >= 11 is 0. The summed E-state index contributed by atoms with van der Waals surface area (Å²) in [6, 6.07) is 6.81. The Morgan fingerprint density at radius 1 is 0.769 bits per heavy atom. The molecule has 4 aliphatic carbocycles. The lowest BCUT2D eigenvalue weighted by Crippen LogP contribution is -2.50. The molecule has 0 aromatic carbocycles. The minimum atomic E-state index is -0.206. The molecule has 8 nitrogen and oxygen atoms in total. The average Bonchev–Trinajstić information content (AvgIpc) is 3.31. The van der Waals surface area contributed by atoms with E-state index in [0.717, 1.165) is 49.9 Å². The fraction of sp³-hybridized carbons (Fsp3) is 0.484. The molecular weight excluding hydrogens is 488 g/mol. The van der Waals surface area contributed by atoms with E-state index in [0.29, 0.717) is 28.9 Å². The summed E-state index contributed by atoms with van der Waals surface area (Å²) < 4.78 is 0. The largest absolute Gasteiger partial charge is 0.271 e. The third-order valence-corrected chi connectivity index (χ3v) is 10.2. The number of fused-ring (bicyclic) bond motifs is 5. The number of nitrogens with one attached hydrogen (secondary N) is 2. The zero-order valence-electron chi connectivity index (χ0n) is 22.7. The highest BCUT2D eigenvalue weighted by Crippen LogP contribution is 2.64. The molecule has 6 rings (SSSR count). The molecule has 2 amide bonds. The quantitative estimate of drug-likeness (QED) is 0.528. The van der Waals surface area contributed by atoms with Gasteiger partial charge in [-0.05, 0) is 105 Å². The molecule has 8 heteroatoms. The van der Waals surface area contributed by atoms with E-state index < -0.39 is 0 Å². The highest BCUT2D eigenvalue weighted by atomic mass is 16.2. The number of rotatable bonds is 4. The Kier molecular flexibility index (Phi) is 6.65. The van der Waals surface area contributed by atoms with Gasteiger partial charge in [-0.25, -0.2) is 10.9 Å². The number of amides is 2. The van der Waals surface area contributed by atoms with Crippen LogP contribution in [-0.4, -0.2) is 33.2 Å². The maximum Gasteiger partial charge on any atom is 0.271 e. The first-order valence-corrected chi connectivity index (χ1v) is 14.1. The molecule has 39 heavy (non-hydrogen) atoms. The third-order valence-electron chi connectivity index (χ3n) is 10.2. The fourth-order valence-electron chi connectivity index (χ4n) is 8.01. The lowest BCUT2D eigenvalue weighted by molar-refractivity contribution is -0.0155. The van der Waals surface area contributed by atoms with Crippen LogP contribution < -0.4 is 10.9 Å².